The van der Waals surface area contributed by atoms with Gasteiger partial charge in [0.25, 0.3) is 0 Å². The topological polar surface area (TPSA) is 66.8 Å². The first kappa shape index (κ1) is 25.6. The molecule has 0 aliphatic heterocycles. The van der Waals surface area contributed by atoms with Crippen LogP contribution < -0.4 is 0 Å². The van der Waals surface area contributed by atoms with E-state index in [1.54, 1.807) is 0 Å². The SMILES string of the molecule is O=C(O)CCCCCCCCCCCCC(O)CCCCOCc1ccccc1. The van der Waals surface area contributed by atoms with E-state index in [4.69, 9.17) is 9.84 Å². The van der Waals surface area contributed by atoms with Crippen molar-refractivity contribution in [3.63, 3.8) is 0 Å². The second-order valence-corrected chi connectivity index (χ2v) is 8.16. The van der Waals surface area contributed by atoms with Crippen molar-refractivity contribution in [1.29, 1.82) is 0 Å². The summed E-state index contributed by atoms with van der Waals surface area (Å²) >= 11 is 0. The molecule has 0 fully saturated rings. The van der Waals surface area contributed by atoms with E-state index in [2.05, 4.69) is 12.1 Å². The van der Waals surface area contributed by atoms with E-state index in [9.17, 15) is 9.90 Å². The molecule has 0 aromatic heterocycles. The molecule has 0 aliphatic carbocycles. The van der Waals surface area contributed by atoms with Crippen molar-refractivity contribution in [2.75, 3.05) is 6.61 Å². The van der Waals surface area contributed by atoms with Gasteiger partial charge in [0.1, 0.15) is 0 Å². The van der Waals surface area contributed by atoms with Gasteiger partial charge in [-0.3, -0.25) is 4.79 Å². The van der Waals surface area contributed by atoms with E-state index in [0.29, 0.717) is 13.0 Å². The maximum absolute atomic E-state index is 10.4. The number of ether oxygens (including phenoxy) is 1. The lowest BCUT2D eigenvalue weighted by molar-refractivity contribution is -0.137. The quantitative estimate of drug-likeness (QED) is 0.243. The molecular formula is C25H42O4. The molecule has 4 heteroatoms. The zero-order valence-electron chi connectivity index (χ0n) is 18.2. The molecule has 0 heterocycles. The number of benzene rings is 1. The van der Waals surface area contributed by atoms with E-state index in [1.165, 1.54) is 44.1 Å². The molecule has 1 atom stereocenters. The molecule has 29 heavy (non-hydrogen) atoms. The zero-order valence-corrected chi connectivity index (χ0v) is 18.2. The fourth-order valence-corrected chi connectivity index (χ4v) is 3.56. The van der Waals surface area contributed by atoms with E-state index < -0.39 is 5.97 Å². The predicted molar refractivity (Wildman–Crippen MR) is 119 cm³/mol. The summed E-state index contributed by atoms with van der Waals surface area (Å²) in [5, 5.41) is 18.7. The van der Waals surface area contributed by atoms with Gasteiger partial charge in [-0.25, -0.2) is 0 Å². The second-order valence-electron chi connectivity index (χ2n) is 8.16. The van der Waals surface area contributed by atoms with E-state index in [-0.39, 0.29) is 6.10 Å². The molecule has 0 aliphatic rings. The minimum atomic E-state index is -0.678. The predicted octanol–water partition coefficient (Wildman–Crippen LogP) is 6.50. The van der Waals surface area contributed by atoms with Gasteiger partial charge in [0.05, 0.1) is 12.7 Å². The van der Waals surface area contributed by atoms with Crippen LogP contribution in [0.25, 0.3) is 0 Å². The lowest BCUT2D eigenvalue weighted by Crippen LogP contribution is -2.07. The highest BCUT2D eigenvalue weighted by Crippen LogP contribution is 2.14. The number of hydrogen-bond donors (Lipinski definition) is 2. The van der Waals surface area contributed by atoms with E-state index in [1.807, 2.05) is 18.2 Å². The van der Waals surface area contributed by atoms with Crippen LogP contribution in [0.3, 0.4) is 0 Å². The second kappa shape index (κ2) is 18.6. The Labute approximate surface area is 177 Å². The minimum absolute atomic E-state index is 0.157. The Kier molecular flexibility index (Phi) is 16.5. The summed E-state index contributed by atoms with van der Waals surface area (Å²) < 4.78 is 5.68. The van der Waals surface area contributed by atoms with Gasteiger partial charge in [-0.15, -0.1) is 0 Å². The number of unbranched alkanes of at least 4 members (excludes halogenated alkanes) is 10. The number of rotatable bonds is 20. The normalized spacial score (nSPS) is 12.2. The molecule has 0 saturated heterocycles. The third kappa shape index (κ3) is 17.2. The lowest BCUT2D eigenvalue weighted by atomic mass is 10.0. The first-order valence-electron chi connectivity index (χ1n) is 11.7. The third-order valence-corrected chi connectivity index (χ3v) is 5.37. The number of carboxylic acids is 1. The third-order valence-electron chi connectivity index (χ3n) is 5.37. The summed E-state index contributed by atoms with van der Waals surface area (Å²) in [4.78, 5) is 10.4. The van der Waals surface area contributed by atoms with Crippen LogP contribution >= 0.6 is 0 Å². The van der Waals surface area contributed by atoms with Gasteiger partial charge in [0, 0.05) is 13.0 Å². The van der Waals surface area contributed by atoms with Crippen LogP contribution in [-0.4, -0.2) is 28.9 Å². The Morgan fingerprint density at radius 1 is 0.759 bits per heavy atom. The number of carboxylic acid groups (broad SMARTS) is 1. The zero-order chi connectivity index (χ0) is 21.0. The van der Waals surface area contributed by atoms with Crippen molar-refractivity contribution in [2.45, 2.75) is 109 Å². The Morgan fingerprint density at radius 2 is 1.28 bits per heavy atom. The average molecular weight is 407 g/mol. The number of hydrogen-bond acceptors (Lipinski definition) is 3. The Bertz CT molecular complexity index is 489. The molecule has 0 bridgehead atoms. The van der Waals surface area contributed by atoms with Crippen LogP contribution in [0.4, 0.5) is 0 Å². The fraction of sp³-hybridized carbons (Fsp3) is 0.720. The molecule has 1 aromatic carbocycles. The molecule has 4 nitrogen and oxygen atoms in total. The van der Waals surface area contributed by atoms with Gasteiger partial charge in [-0.1, -0.05) is 88.1 Å². The highest BCUT2D eigenvalue weighted by atomic mass is 16.5. The molecule has 1 rings (SSSR count). The van der Waals surface area contributed by atoms with Crippen LogP contribution in [-0.2, 0) is 16.1 Å². The van der Waals surface area contributed by atoms with E-state index >= 15 is 0 Å². The first-order chi connectivity index (χ1) is 14.2. The van der Waals surface area contributed by atoms with Crippen LogP contribution in [0.5, 0.6) is 0 Å². The van der Waals surface area contributed by atoms with E-state index in [0.717, 1.165) is 58.0 Å². The summed E-state index contributed by atoms with van der Waals surface area (Å²) in [6.07, 6.45) is 15.7. The minimum Gasteiger partial charge on any atom is -0.481 e. The lowest BCUT2D eigenvalue weighted by Gasteiger charge is -2.10. The van der Waals surface area contributed by atoms with Crippen molar-refractivity contribution in [2.24, 2.45) is 0 Å². The standard InChI is InChI=1S/C25H42O4/c26-24(19-14-15-21-29-22-23-16-10-9-11-17-23)18-12-7-5-3-1-2-4-6-8-13-20-25(27)28/h9-11,16-17,24,26H,1-8,12-15,18-22H2,(H,27,28). The number of carbonyl (C=O) groups is 1. The van der Waals surface area contributed by atoms with Gasteiger partial charge in [-0.2, -0.15) is 0 Å². The fourth-order valence-electron chi connectivity index (χ4n) is 3.56. The highest BCUT2D eigenvalue weighted by molar-refractivity contribution is 5.66. The number of aliphatic hydroxyl groups is 1. The van der Waals surface area contributed by atoms with Crippen molar-refractivity contribution in [3.05, 3.63) is 35.9 Å². The monoisotopic (exact) mass is 406 g/mol. The molecule has 0 spiro atoms. The van der Waals surface area contributed by atoms with Crippen LogP contribution in [0.15, 0.2) is 30.3 Å². The highest BCUT2D eigenvalue weighted by Gasteiger charge is 2.04. The smallest absolute Gasteiger partial charge is 0.303 e. The molecule has 2 N–H and O–H groups in total. The molecule has 166 valence electrons. The summed E-state index contributed by atoms with van der Waals surface area (Å²) in [5.41, 5.74) is 1.21. The van der Waals surface area contributed by atoms with Crippen molar-refractivity contribution < 1.29 is 19.7 Å². The molecule has 0 amide bonds. The number of aliphatic carboxylic acids is 1. The molecule has 1 aromatic rings. The Morgan fingerprint density at radius 3 is 1.86 bits per heavy atom. The maximum atomic E-state index is 10.4. The van der Waals surface area contributed by atoms with Crippen molar-refractivity contribution in [3.8, 4) is 0 Å². The molecule has 1 unspecified atom stereocenters. The van der Waals surface area contributed by atoms with Gasteiger partial charge in [0.15, 0.2) is 0 Å². The number of aliphatic hydroxyl groups excluding tert-OH is 1. The summed E-state index contributed by atoms with van der Waals surface area (Å²) in [6, 6.07) is 10.2. The Balaban J connectivity index is 1.77. The summed E-state index contributed by atoms with van der Waals surface area (Å²) in [7, 11) is 0. The molecule has 0 saturated carbocycles. The molecule has 0 radical (unpaired) electrons. The van der Waals surface area contributed by atoms with Gasteiger partial charge in [-0.05, 0) is 37.7 Å². The van der Waals surface area contributed by atoms with Crippen molar-refractivity contribution in [1.82, 2.24) is 0 Å². The van der Waals surface area contributed by atoms with Gasteiger partial charge < -0.3 is 14.9 Å². The summed E-state index contributed by atoms with van der Waals surface area (Å²) in [5.74, 6) is -0.678. The largest absolute Gasteiger partial charge is 0.481 e. The first-order valence-corrected chi connectivity index (χ1v) is 11.7. The maximum Gasteiger partial charge on any atom is 0.303 e. The molecular weight excluding hydrogens is 364 g/mol. The van der Waals surface area contributed by atoms with Crippen molar-refractivity contribution >= 4 is 5.97 Å². The van der Waals surface area contributed by atoms with Crippen LogP contribution in [0.2, 0.25) is 0 Å². The van der Waals surface area contributed by atoms with Crippen LogP contribution in [0, 0.1) is 0 Å². The average Bonchev–Trinajstić information content (AvgIpc) is 2.72. The summed E-state index contributed by atoms with van der Waals surface area (Å²) in [6.45, 7) is 1.44. The van der Waals surface area contributed by atoms with Gasteiger partial charge in [0.2, 0.25) is 0 Å². The van der Waals surface area contributed by atoms with Crippen LogP contribution in [0.1, 0.15) is 102 Å². The Hall–Kier alpha value is -1.39. The van der Waals surface area contributed by atoms with Gasteiger partial charge >= 0.3 is 5.97 Å².